The van der Waals surface area contributed by atoms with Gasteiger partial charge in [-0.15, -0.1) is 5.10 Å². The van der Waals surface area contributed by atoms with Gasteiger partial charge in [0.2, 0.25) is 5.13 Å². The third-order valence-corrected chi connectivity index (χ3v) is 5.72. The number of anilines is 1. The summed E-state index contributed by atoms with van der Waals surface area (Å²) in [4.78, 5) is 16.8. The maximum Gasteiger partial charge on any atom is 0.257 e. The Kier molecular flexibility index (Phi) is 6.26. The molecule has 0 aliphatic carbocycles. The fraction of sp³-hybridized carbons (Fsp3) is 0.150. The molecule has 0 atom stereocenters. The highest BCUT2D eigenvalue weighted by Crippen LogP contribution is 2.35. The number of rotatable bonds is 6. The van der Waals surface area contributed by atoms with Crippen molar-refractivity contribution in [3.63, 3.8) is 0 Å². The average Bonchev–Trinajstić information content (AvgIpc) is 3.40. The number of amides is 1. The molecule has 1 N–H and O–H groups in total. The van der Waals surface area contributed by atoms with Crippen LogP contribution in [0, 0.1) is 6.92 Å². The lowest BCUT2D eigenvalue weighted by atomic mass is 10.2. The van der Waals surface area contributed by atoms with Crippen molar-refractivity contribution >= 4 is 45.8 Å². The number of benzene rings is 2. The highest BCUT2D eigenvalue weighted by atomic mass is 35.5. The maximum atomic E-state index is 12.4. The van der Waals surface area contributed by atoms with E-state index in [0.717, 1.165) is 11.5 Å². The van der Waals surface area contributed by atoms with Gasteiger partial charge in [-0.1, -0.05) is 28.4 Å². The van der Waals surface area contributed by atoms with Crippen LogP contribution in [0.2, 0.25) is 10.0 Å². The zero-order valence-electron chi connectivity index (χ0n) is 17.1. The van der Waals surface area contributed by atoms with E-state index in [1.807, 2.05) is 6.92 Å². The Morgan fingerprint density at radius 2 is 1.81 bits per heavy atom. The van der Waals surface area contributed by atoms with Crippen LogP contribution < -0.4 is 14.8 Å². The van der Waals surface area contributed by atoms with Gasteiger partial charge >= 0.3 is 0 Å². The Labute approximate surface area is 197 Å². The molecular weight excluding hydrogens is 475 g/mol. The first-order valence-corrected chi connectivity index (χ1v) is 10.7. The average molecular weight is 491 g/mol. The molecule has 4 rings (SSSR count). The molecule has 0 saturated heterocycles. The fourth-order valence-corrected chi connectivity index (χ4v) is 3.84. The van der Waals surface area contributed by atoms with Gasteiger partial charge in [0.1, 0.15) is 17.2 Å². The Hall–Kier alpha value is -3.21. The Balaban J connectivity index is 1.61. The molecule has 32 heavy (non-hydrogen) atoms. The van der Waals surface area contributed by atoms with Gasteiger partial charge in [-0.3, -0.25) is 10.1 Å². The zero-order valence-corrected chi connectivity index (χ0v) is 19.4. The van der Waals surface area contributed by atoms with E-state index in [4.69, 9.17) is 32.7 Å². The molecule has 0 unspecified atom stereocenters. The lowest BCUT2D eigenvalue weighted by Crippen LogP contribution is -2.11. The number of hydrogen-bond donors (Lipinski definition) is 1. The fourth-order valence-electron chi connectivity index (χ4n) is 2.92. The zero-order chi connectivity index (χ0) is 22.8. The summed E-state index contributed by atoms with van der Waals surface area (Å²) in [7, 11) is 3.06. The van der Waals surface area contributed by atoms with Gasteiger partial charge in [-0.05, 0) is 37.3 Å². The van der Waals surface area contributed by atoms with Gasteiger partial charge < -0.3 is 9.47 Å². The first-order valence-electron chi connectivity index (χ1n) is 9.16. The van der Waals surface area contributed by atoms with Crippen molar-refractivity contribution < 1.29 is 14.3 Å². The van der Waals surface area contributed by atoms with E-state index in [-0.39, 0.29) is 5.91 Å². The number of ether oxygens (including phenoxy) is 2. The standard InChI is InChI=1S/C20H16Cl2N6O3S/c1-10-17(25-27-28(10)14-8-13(22)15(30-2)9-16(14)31-3)18-23-20(32-26-18)24-19(29)11-4-6-12(21)7-5-11/h4-9H,1-3H3,(H,23,24,26,29). The SMILES string of the molecule is COc1cc(OC)c(-n2nnc(-c3nsc(NC(=O)c4ccc(Cl)cc4)n3)c2C)cc1Cl. The molecule has 2 heterocycles. The van der Waals surface area contributed by atoms with Crippen LogP contribution in [0.3, 0.4) is 0 Å². The summed E-state index contributed by atoms with van der Waals surface area (Å²) in [5, 5.41) is 12.4. The van der Waals surface area contributed by atoms with Crippen molar-refractivity contribution in [2.75, 3.05) is 19.5 Å². The number of carbonyl (C=O) groups is 1. The predicted octanol–water partition coefficient (Wildman–Crippen LogP) is 4.67. The molecule has 0 aliphatic rings. The number of carbonyl (C=O) groups excluding carboxylic acids is 1. The van der Waals surface area contributed by atoms with E-state index in [1.54, 1.807) is 41.1 Å². The second-order valence-electron chi connectivity index (χ2n) is 6.48. The van der Waals surface area contributed by atoms with Crippen LogP contribution in [-0.2, 0) is 0 Å². The number of nitrogens with zero attached hydrogens (tertiary/aromatic N) is 5. The molecular formula is C20H16Cl2N6O3S. The smallest absolute Gasteiger partial charge is 0.257 e. The van der Waals surface area contributed by atoms with Gasteiger partial charge in [0.25, 0.3) is 5.91 Å². The van der Waals surface area contributed by atoms with Crippen LogP contribution in [0.1, 0.15) is 16.1 Å². The van der Waals surface area contributed by atoms with E-state index in [1.165, 1.54) is 14.2 Å². The molecule has 0 bridgehead atoms. The minimum absolute atomic E-state index is 0.317. The summed E-state index contributed by atoms with van der Waals surface area (Å²) >= 11 is 13.2. The summed E-state index contributed by atoms with van der Waals surface area (Å²) in [6.45, 7) is 1.82. The maximum absolute atomic E-state index is 12.4. The monoisotopic (exact) mass is 490 g/mol. The van der Waals surface area contributed by atoms with Crippen molar-refractivity contribution in [3.05, 3.63) is 57.7 Å². The van der Waals surface area contributed by atoms with E-state index in [0.29, 0.717) is 55.1 Å². The van der Waals surface area contributed by atoms with Crippen LogP contribution in [0.15, 0.2) is 36.4 Å². The van der Waals surface area contributed by atoms with E-state index >= 15 is 0 Å². The minimum Gasteiger partial charge on any atom is -0.495 e. The Morgan fingerprint density at radius 3 is 2.50 bits per heavy atom. The lowest BCUT2D eigenvalue weighted by molar-refractivity contribution is 0.102. The summed E-state index contributed by atoms with van der Waals surface area (Å²) in [6, 6.07) is 9.89. The number of halogens is 2. The van der Waals surface area contributed by atoms with E-state index in [2.05, 4.69) is 25.0 Å². The number of aromatic nitrogens is 5. The molecule has 2 aromatic heterocycles. The third kappa shape index (κ3) is 4.24. The van der Waals surface area contributed by atoms with Crippen LogP contribution >= 0.6 is 34.7 Å². The van der Waals surface area contributed by atoms with Gasteiger partial charge in [0, 0.05) is 28.2 Å². The molecule has 4 aromatic rings. The van der Waals surface area contributed by atoms with Crippen molar-refractivity contribution in [1.29, 1.82) is 0 Å². The third-order valence-electron chi connectivity index (χ3n) is 4.54. The molecule has 0 saturated carbocycles. The summed E-state index contributed by atoms with van der Waals surface area (Å²) in [5.74, 6) is 1.01. The molecule has 0 aliphatic heterocycles. The molecule has 0 spiro atoms. The van der Waals surface area contributed by atoms with Crippen molar-refractivity contribution in [2.24, 2.45) is 0 Å². The highest BCUT2D eigenvalue weighted by molar-refractivity contribution is 7.10. The molecule has 164 valence electrons. The molecule has 2 aromatic carbocycles. The largest absolute Gasteiger partial charge is 0.495 e. The van der Waals surface area contributed by atoms with Crippen molar-refractivity contribution in [3.8, 4) is 28.7 Å². The predicted molar refractivity (Wildman–Crippen MR) is 123 cm³/mol. The topological polar surface area (TPSA) is 104 Å². The van der Waals surface area contributed by atoms with Gasteiger partial charge in [-0.25, -0.2) is 4.68 Å². The summed E-state index contributed by atoms with van der Waals surface area (Å²) in [5.41, 5.74) is 2.16. The Bertz CT molecular complexity index is 1290. The first kappa shape index (κ1) is 22.0. The summed E-state index contributed by atoms with van der Waals surface area (Å²) in [6.07, 6.45) is 0. The number of nitrogens with one attached hydrogen (secondary N) is 1. The first-order chi connectivity index (χ1) is 15.4. The van der Waals surface area contributed by atoms with Crippen LogP contribution in [0.4, 0.5) is 5.13 Å². The quantitative estimate of drug-likeness (QED) is 0.418. The second-order valence-corrected chi connectivity index (χ2v) is 8.07. The number of hydrogen-bond acceptors (Lipinski definition) is 8. The van der Waals surface area contributed by atoms with E-state index in [9.17, 15) is 4.79 Å². The molecule has 0 radical (unpaired) electrons. The second kappa shape index (κ2) is 9.11. The van der Waals surface area contributed by atoms with Crippen molar-refractivity contribution in [1.82, 2.24) is 24.4 Å². The van der Waals surface area contributed by atoms with E-state index < -0.39 is 0 Å². The van der Waals surface area contributed by atoms with Gasteiger partial charge in [0.05, 0.1) is 24.9 Å². The minimum atomic E-state index is -0.317. The normalized spacial score (nSPS) is 10.8. The highest BCUT2D eigenvalue weighted by Gasteiger charge is 2.21. The number of methoxy groups -OCH3 is 2. The molecule has 1 amide bonds. The van der Waals surface area contributed by atoms with Crippen LogP contribution in [-0.4, -0.2) is 44.5 Å². The van der Waals surface area contributed by atoms with Crippen LogP contribution in [0.25, 0.3) is 17.2 Å². The van der Waals surface area contributed by atoms with Gasteiger partial charge in [-0.2, -0.15) is 9.36 Å². The summed E-state index contributed by atoms with van der Waals surface area (Å²) < 4.78 is 16.6. The van der Waals surface area contributed by atoms with Crippen LogP contribution in [0.5, 0.6) is 11.5 Å². The molecule has 9 nitrogen and oxygen atoms in total. The van der Waals surface area contributed by atoms with Gasteiger partial charge in [0.15, 0.2) is 11.5 Å². The molecule has 0 fully saturated rings. The lowest BCUT2D eigenvalue weighted by Gasteiger charge is -2.12. The van der Waals surface area contributed by atoms with Crippen molar-refractivity contribution in [2.45, 2.75) is 6.92 Å². The molecule has 12 heteroatoms. The Morgan fingerprint density at radius 1 is 1.09 bits per heavy atom.